The Labute approximate surface area is 156 Å². The van der Waals surface area contributed by atoms with Crippen LogP contribution in [0.3, 0.4) is 0 Å². The van der Waals surface area contributed by atoms with Crippen LogP contribution in [-0.2, 0) is 11.3 Å². The molecular formula is C19H22FN4O3+. The van der Waals surface area contributed by atoms with Crippen molar-refractivity contribution < 1.29 is 19.0 Å². The minimum absolute atomic E-state index is 0.0295. The molecule has 0 aromatic heterocycles. The minimum atomic E-state index is -0.406. The number of hydrogen-bond acceptors (Lipinski definition) is 4. The number of carbonyl (C=O) groups is 1. The minimum Gasteiger partial charge on any atom is -0.360 e. The summed E-state index contributed by atoms with van der Waals surface area (Å²) in [5.41, 5.74) is 1.91. The molecule has 1 fully saturated rings. The molecule has 0 spiro atoms. The van der Waals surface area contributed by atoms with E-state index in [2.05, 4.69) is 10.2 Å². The Bertz CT molecular complexity index is 788. The van der Waals surface area contributed by atoms with Gasteiger partial charge in [-0.1, -0.05) is 12.1 Å². The van der Waals surface area contributed by atoms with Gasteiger partial charge < -0.3 is 15.1 Å². The predicted octanol–water partition coefficient (Wildman–Crippen LogP) is 0.755. The highest BCUT2D eigenvalue weighted by Gasteiger charge is 2.22. The van der Waals surface area contributed by atoms with Crippen molar-refractivity contribution in [2.45, 2.75) is 6.54 Å². The third-order valence-corrected chi connectivity index (χ3v) is 4.71. The number of nitrogens with zero attached hydrogens (tertiary/aromatic N) is 2. The summed E-state index contributed by atoms with van der Waals surface area (Å²) in [6.07, 6.45) is 0. The van der Waals surface area contributed by atoms with Gasteiger partial charge in [0.25, 0.3) is 11.6 Å². The average Bonchev–Trinajstić information content (AvgIpc) is 2.68. The van der Waals surface area contributed by atoms with E-state index in [4.69, 9.17) is 0 Å². The number of carbonyl (C=O) groups excluding carboxylic acids is 1. The first-order chi connectivity index (χ1) is 13.0. The summed E-state index contributed by atoms with van der Waals surface area (Å²) < 4.78 is 12.9. The second kappa shape index (κ2) is 8.59. The van der Waals surface area contributed by atoms with E-state index in [9.17, 15) is 19.3 Å². The zero-order valence-corrected chi connectivity index (χ0v) is 14.9. The largest absolute Gasteiger partial charge is 0.360 e. The summed E-state index contributed by atoms with van der Waals surface area (Å²) in [6.45, 7) is 4.01. The second-order valence-corrected chi connectivity index (χ2v) is 6.59. The van der Waals surface area contributed by atoms with Crippen molar-refractivity contribution in [3.63, 3.8) is 0 Å². The van der Waals surface area contributed by atoms with Crippen LogP contribution in [0, 0.1) is 15.9 Å². The van der Waals surface area contributed by atoms with E-state index >= 15 is 0 Å². The highest BCUT2D eigenvalue weighted by Crippen LogP contribution is 2.19. The van der Waals surface area contributed by atoms with Crippen LogP contribution in [0.25, 0.3) is 0 Å². The number of non-ortho nitro benzene ring substituents is 1. The summed E-state index contributed by atoms with van der Waals surface area (Å²) in [4.78, 5) is 25.8. The van der Waals surface area contributed by atoms with Crippen molar-refractivity contribution in [1.82, 2.24) is 5.32 Å². The lowest BCUT2D eigenvalue weighted by Gasteiger charge is -2.33. The zero-order valence-electron chi connectivity index (χ0n) is 14.9. The number of nitro groups is 1. The predicted molar refractivity (Wildman–Crippen MR) is 99.1 cm³/mol. The van der Waals surface area contributed by atoms with Crippen molar-refractivity contribution in [3.8, 4) is 0 Å². The van der Waals surface area contributed by atoms with Crippen LogP contribution in [-0.4, -0.2) is 43.6 Å². The molecule has 0 atom stereocenters. The third-order valence-electron chi connectivity index (χ3n) is 4.71. The molecule has 0 bridgehead atoms. The van der Waals surface area contributed by atoms with Crippen LogP contribution < -0.4 is 15.1 Å². The molecule has 1 aliphatic rings. The van der Waals surface area contributed by atoms with Gasteiger partial charge in [-0.3, -0.25) is 14.9 Å². The molecule has 142 valence electrons. The number of quaternary nitrogens is 1. The van der Waals surface area contributed by atoms with Gasteiger partial charge in [0, 0.05) is 24.4 Å². The van der Waals surface area contributed by atoms with Crippen LogP contribution in [0.5, 0.6) is 0 Å². The quantitative estimate of drug-likeness (QED) is 0.579. The van der Waals surface area contributed by atoms with Gasteiger partial charge >= 0.3 is 0 Å². The lowest BCUT2D eigenvalue weighted by atomic mass is 10.2. The molecule has 2 N–H and O–H groups in total. The van der Waals surface area contributed by atoms with E-state index < -0.39 is 4.92 Å². The van der Waals surface area contributed by atoms with Gasteiger partial charge in [0.05, 0.1) is 31.1 Å². The lowest BCUT2D eigenvalue weighted by Crippen LogP contribution is -3.15. The van der Waals surface area contributed by atoms with Crippen LogP contribution in [0.1, 0.15) is 5.56 Å². The first kappa shape index (κ1) is 18.8. The topological polar surface area (TPSA) is 79.9 Å². The van der Waals surface area contributed by atoms with Crippen molar-refractivity contribution in [1.29, 1.82) is 0 Å². The van der Waals surface area contributed by atoms with E-state index in [0.717, 1.165) is 37.4 Å². The smallest absolute Gasteiger partial charge is 0.275 e. The third kappa shape index (κ3) is 5.24. The highest BCUT2D eigenvalue weighted by atomic mass is 19.1. The van der Waals surface area contributed by atoms with Crippen LogP contribution in [0.4, 0.5) is 15.8 Å². The van der Waals surface area contributed by atoms with Gasteiger partial charge in [0.1, 0.15) is 5.82 Å². The maximum atomic E-state index is 12.9. The SMILES string of the molecule is O=C(C[NH+]1CCN(c2ccc([N+](=O)[O-])cc2)CC1)NCc1ccc(F)cc1. The van der Waals surface area contributed by atoms with E-state index in [-0.39, 0.29) is 17.4 Å². The summed E-state index contributed by atoms with van der Waals surface area (Å²) in [6, 6.07) is 12.6. The standard InChI is InChI=1S/C19H21FN4O3/c20-16-3-1-15(2-4-16)13-21-19(25)14-22-9-11-23(12-10-22)17-5-7-18(8-6-17)24(26)27/h1-8H,9-14H2,(H,21,25)/p+1. The van der Waals surface area contributed by atoms with Crippen LogP contribution in [0.2, 0.25) is 0 Å². The molecule has 0 saturated carbocycles. The highest BCUT2D eigenvalue weighted by molar-refractivity contribution is 5.76. The maximum absolute atomic E-state index is 12.9. The molecule has 0 radical (unpaired) electrons. The summed E-state index contributed by atoms with van der Waals surface area (Å²) in [5.74, 6) is -0.321. The fraction of sp³-hybridized carbons (Fsp3) is 0.316. The molecular weight excluding hydrogens is 351 g/mol. The number of rotatable bonds is 6. The van der Waals surface area contributed by atoms with Gasteiger partial charge in [-0.25, -0.2) is 4.39 Å². The van der Waals surface area contributed by atoms with E-state index in [1.165, 1.54) is 29.2 Å². The number of halogens is 1. The van der Waals surface area contributed by atoms with Gasteiger partial charge in [-0.05, 0) is 29.8 Å². The van der Waals surface area contributed by atoms with E-state index in [0.29, 0.717) is 13.1 Å². The molecule has 27 heavy (non-hydrogen) atoms. The molecule has 2 aromatic carbocycles. The summed E-state index contributed by atoms with van der Waals surface area (Å²) in [7, 11) is 0. The fourth-order valence-corrected chi connectivity index (χ4v) is 3.14. The maximum Gasteiger partial charge on any atom is 0.275 e. The molecule has 1 aliphatic heterocycles. The Balaban J connectivity index is 1.42. The summed E-state index contributed by atoms with van der Waals surface area (Å²) in [5, 5.41) is 13.6. The van der Waals surface area contributed by atoms with Gasteiger partial charge in [0.15, 0.2) is 6.54 Å². The molecule has 8 heteroatoms. The van der Waals surface area contributed by atoms with Crippen molar-refractivity contribution in [2.24, 2.45) is 0 Å². The number of anilines is 1. The monoisotopic (exact) mass is 373 g/mol. The molecule has 1 saturated heterocycles. The van der Waals surface area contributed by atoms with Crippen LogP contribution >= 0.6 is 0 Å². The lowest BCUT2D eigenvalue weighted by molar-refractivity contribution is -0.892. The molecule has 0 unspecified atom stereocenters. The number of nitro benzene ring substituents is 1. The first-order valence-corrected chi connectivity index (χ1v) is 8.85. The number of benzene rings is 2. The van der Waals surface area contributed by atoms with E-state index in [1.807, 2.05) is 0 Å². The molecule has 0 aliphatic carbocycles. The Hall–Kier alpha value is -3.00. The second-order valence-electron chi connectivity index (χ2n) is 6.59. The Morgan fingerprint density at radius 1 is 1.11 bits per heavy atom. The fourth-order valence-electron chi connectivity index (χ4n) is 3.14. The normalized spacial score (nSPS) is 14.8. The summed E-state index contributed by atoms with van der Waals surface area (Å²) >= 11 is 0. The zero-order chi connectivity index (χ0) is 19.2. The number of piperazine rings is 1. The van der Waals surface area contributed by atoms with Crippen molar-refractivity contribution >= 4 is 17.3 Å². The molecule has 3 rings (SSSR count). The van der Waals surface area contributed by atoms with Gasteiger partial charge in [-0.15, -0.1) is 0 Å². The molecule has 1 heterocycles. The first-order valence-electron chi connectivity index (χ1n) is 8.85. The molecule has 2 aromatic rings. The number of hydrogen-bond donors (Lipinski definition) is 2. The van der Waals surface area contributed by atoms with E-state index in [1.54, 1.807) is 24.3 Å². The number of amides is 1. The Morgan fingerprint density at radius 2 is 1.74 bits per heavy atom. The number of nitrogens with one attached hydrogen (secondary N) is 2. The van der Waals surface area contributed by atoms with Crippen molar-refractivity contribution in [3.05, 3.63) is 70.0 Å². The molecule has 1 amide bonds. The average molecular weight is 373 g/mol. The van der Waals surface area contributed by atoms with Gasteiger partial charge in [0.2, 0.25) is 0 Å². The van der Waals surface area contributed by atoms with Gasteiger partial charge in [-0.2, -0.15) is 0 Å². The van der Waals surface area contributed by atoms with Crippen LogP contribution in [0.15, 0.2) is 48.5 Å². The Morgan fingerprint density at radius 3 is 2.33 bits per heavy atom. The Kier molecular flexibility index (Phi) is 5.97. The molecule has 7 nitrogen and oxygen atoms in total. The van der Waals surface area contributed by atoms with Crippen molar-refractivity contribution in [2.75, 3.05) is 37.6 Å².